The van der Waals surface area contributed by atoms with E-state index in [1.54, 1.807) is 6.20 Å². The van der Waals surface area contributed by atoms with E-state index in [9.17, 15) is 0 Å². The smallest absolute Gasteiger partial charge is 0.271 e. The molecule has 2 heterocycles. The highest BCUT2D eigenvalue weighted by Gasteiger charge is 2.09. The van der Waals surface area contributed by atoms with Crippen LogP contribution in [0.4, 0.5) is 0 Å². The third kappa shape index (κ3) is 1.94. The van der Waals surface area contributed by atoms with Crippen LogP contribution >= 0.6 is 11.5 Å². The summed E-state index contributed by atoms with van der Waals surface area (Å²) in [5.41, 5.74) is 0. The summed E-state index contributed by atoms with van der Waals surface area (Å²) in [5.74, 6) is 1.13. The Balaban J connectivity index is 2.10. The summed E-state index contributed by atoms with van der Waals surface area (Å²) in [6.45, 7) is 3.52. The van der Waals surface area contributed by atoms with Crippen LogP contribution in [0.2, 0.25) is 0 Å². The third-order valence-electron chi connectivity index (χ3n) is 1.57. The molecule has 2 rings (SSSR count). The van der Waals surface area contributed by atoms with Gasteiger partial charge in [-0.1, -0.05) is 16.6 Å². The molecular formula is C7H9N5OS. The molecule has 0 unspecified atom stereocenters. The lowest BCUT2D eigenvalue weighted by atomic mass is 10.5. The van der Waals surface area contributed by atoms with E-state index >= 15 is 0 Å². The first-order valence-electron chi connectivity index (χ1n) is 4.21. The van der Waals surface area contributed by atoms with Crippen LogP contribution < -0.4 is 5.32 Å². The zero-order valence-corrected chi connectivity index (χ0v) is 8.41. The molecule has 0 radical (unpaired) electrons. The van der Waals surface area contributed by atoms with E-state index < -0.39 is 0 Å². The number of hydrogen-bond donors (Lipinski definition) is 1. The topological polar surface area (TPSA) is 76.7 Å². The van der Waals surface area contributed by atoms with Gasteiger partial charge in [-0.15, -0.1) is 5.10 Å². The van der Waals surface area contributed by atoms with Crippen LogP contribution in [0.15, 0.2) is 10.7 Å². The zero-order valence-electron chi connectivity index (χ0n) is 7.60. The number of hydrogen-bond acceptors (Lipinski definition) is 7. The molecule has 6 nitrogen and oxygen atoms in total. The van der Waals surface area contributed by atoms with Crippen LogP contribution in [-0.4, -0.2) is 26.3 Å². The third-order valence-corrected chi connectivity index (χ3v) is 2.23. The molecule has 0 aliphatic rings. The van der Waals surface area contributed by atoms with Gasteiger partial charge in [-0.25, -0.2) is 0 Å². The Labute approximate surface area is 84.5 Å². The summed E-state index contributed by atoms with van der Waals surface area (Å²) in [6.07, 6.45) is 1.61. The summed E-state index contributed by atoms with van der Waals surface area (Å²) >= 11 is 1.24. The minimum Gasteiger partial charge on any atom is -0.333 e. The Morgan fingerprint density at radius 1 is 1.57 bits per heavy atom. The lowest BCUT2D eigenvalue weighted by Gasteiger charge is -1.91. The predicted molar refractivity (Wildman–Crippen MR) is 50.6 cm³/mol. The molecule has 7 heteroatoms. The van der Waals surface area contributed by atoms with Crippen molar-refractivity contribution in [1.82, 2.24) is 25.0 Å². The Hall–Kier alpha value is -1.34. The van der Waals surface area contributed by atoms with Crippen LogP contribution in [0.25, 0.3) is 10.8 Å². The summed E-state index contributed by atoms with van der Waals surface area (Å²) in [4.78, 5) is 4.97. The van der Waals surface area contributed by atoms with E-state index in [2.05, 4.69) is 25.0 Å². The maximum atomic E-state index is 5.04. The number of rotatable bonds is 4. The van der Waals surface area contributed by atoms with E-state index in [4.69, 9.17) is 4.52 Å². The molecule has 14 heavy (non-hydrogen) atoms. The van der Waals surface area contributed by atoms with Crippen molar-refractivity contribution in [2.75, 3.05) is 6.54 Å². The van der Waals surface area contributed by atoms with Gasteiger partial charge >= 0.3 is 0 Å². The van der Waals surface area contributed by atoms with Crippen molar-refractivity contribution in [3.05, 3.63) is 12.0 Å². The monoisotopic (exact) mass is 211 g/mol. The molecule has 2 aromatic heterocycles. The molecular weight excluding hydrogens is 202 g/mol. The van der Waals surface area contributed by atoms with Gasteiger partial charge in [0, 0.05) is 0 Å². The summed E-state index contributed by atoms with van der Waals surface area (Å²) in [7, 11) is 0. The van der Waals surface area contributed by atoms with E-state index in [-0.39, 0.29) is 0 Å². The van der Waals surface area contributed by atoms with Crippen LogP contribution in [0.3, 0.4) is 0 Å². The Morgan fingerprint density at radius 2 is 2.50 bits per heavy atom. The molecule has 0 atom stereocenters. The molecule has 0 spiro atoms. The molecule has 0 aliphatic heterocycles. The van der Waals surface area contributed by atoms with Gasteiger partial charge in [-0.05, 0) is 18.1 Å². The first-order chi connectivity index (χ1) is 6.90. The van der Waals surface area contributed by atoms with Crippen molar-refractivity contribution < 1.29 is 4.52 Å². The molecule has 0 aromatic carbocycles. The van der Waals surface area contributed by atoms with Gasteiger partial charge in [0.25, 0.3) is 5.89 Å². The van der Waals surface area contributed by atoms with E-state index in [0.29, 0.717) is 18.3 Å². The number of aromatic nitrogens is 4. The van der Waals surface area contributed by atoms with Crippen molar-refractivity contribution in [1.29, 1.82) is 0 Å². The van der Waals surface area contributed by atoms with Crippen molar-refractivity contribution >= 4 is 11.5 Å². The maximum Gasteiger partial charge on any atom is 0.271 e. The van der Waals surface area contributed by atoms with Gasteiger partial charge in [0.1, 0.15) is 4.88 Å². The molecule has 0 fully saturated rings. The molecule has 0 aliphatic carbocycles. The van der Waals surface area contributed by atoms with Gasteiger partial charge in [-0.2, -0.15) is 4.98 Å². The average molecular weight is 211 g/mol. The van der Waals surface area contributed by atoms with Gasteiger partial charge < -0.3 is 9.84 Å². The highest BCUT2D eigenvalue weighted by Crippen LogP contribution is 2.18. The van der Waals surface area contributed by atoms with E-state index in [1.165, 1.54) is 11.5 Å². The second-order valence-electron chi connectivity index (χ2n) is 2.58. The first kappa shape index (κ1) is 9.22. The SMILES string of the molecule is CCNCc1noc(-c2cnns2)n1. The Morgan fingerprint density at radius 3 is 3.21 bits per heavy atom. The second kappa shape index (κ2) is 4.25. The quantitative estimate of drug-likeness (QED) is 0.802. The second-order valence-corrected chi connectivity index (χ2v) is 3.36. The summed E-state index contributed by atoms with van der Waals surface area (Å²) in [6, 6.07) is 0. The van der Waals surface area contributed by atoms with Crippen LogP contribution in [0.1, 0.15) is 12.7 Å². The molecule has 0 saturated heterocycles. The van der Waals surface area contributed by atoms with E-state index in [1.807, 2.05) is 6.92 Å². The Bertz CT molecular complexity index is 384. The highest BCUT2D eigenvalue weighted by atomic mass is 32.1. The average Bonchev–Trinajstić information content (AvgIpc) is 2.85. The maximum absolute atomic E-state index is 5.04. The number of nitrogens with zero attached hydrogens (tertiary/aromatic N) is 4. The fraction of sp³-hybridized carbons (Fsp3) is 0.429. The van der Waals surface area contributed by atoms with Crippen LogP contribution in [0.5, 0.6) is 0 Å². The minimum atomic E-state index is 0.480. The van der Waals surface area contributed by atoms with Crippen molar-refractivity contribution in [2.45, 2.75) is 13.5 Å². The summed E-state index contributed by atoms with van der Waals surface area (Å²) < 4.78 is 8.75. The molecule has 74 valence electrons. The van der Waals surface area contributed by atoms with Crippen molar-refractivity contribution in [3.8, 4) is 10.8 Å². The van der Waals surface area contributed by atoms with Gasteiger partial charge in [-0.3, -0.25) is 0 Å². The molecule has 1 N–H and O–H groups in total. The Kier molecular flexibility index (Phi) is 2.80. The molecule has 2 aromatic rings. The normalized spacial score (nSPS) is 10.6. The fourth-order valence-corrected chi connectivity index (χ4v) is 1.36. The molecule has 0 saturated carbocycles. The standard InChI is InChI=1S/C7H9N5OS/c1-2-8-4-6-10-7(13-11-6)5-3-9-12-14-5/h3,8H,2,4H2,1H3. The van der Waals surface area contributed by atoms with Crippen molar-refractivity contribution in [2.24, 2.45) is 0 Å². The highest BCUT2D eigenvalue weighted by molar-refractivity contribution is 7.09. The number of nitrogens with one attached hydrogen (secondary N) is 1. The first-order valence-corrected chi connectivity index (χ1v) is 4.98. The van der Waals surface area contributed by atoms with Gasteiger partial charge in [0.2, 0.25) is 0 Å². The molecule has 0 amide bonds. The van der Waals surface area contributed by atoms with Crippen molar-refractivity contribution in [3.63, 3.8) is 0 Å². The minimum absolute atomic E-state index is 0.480. The van der Waals surface area contributed by atoms with Crippen LogP contribution in [-0.2, 0) is 6.54 Å². The van der Waals surface area contributed by atoms with Gasteiger partial charge in [0.15, 0.2) is 5.82 Å². The summed E-state index contributed by atoms with van der Waals surface area (Å²) in [5, 5.41) is 10.6. The predicted octanol–water partition coefficient (Wildman–Crippen LogP) is 0.698. The largest absolute Gasteiger partial charge is 0.333 e. The molecule has 0 bridgehead atoms. The fourth-order valence-electron chi connectivity index (χ4n) is 0.924. The van der Waals surface area contributed by atoms with E-state index in [0.717, 1.165) is 11.4 Å². The van der Waals surface area contributed by atoms with Crippen LogP contribution in [0, 0.1) is 0 Å². The van der Waals surface area contributed by atoms with Gasteiger partial charge in [0.05, 0.1) is 12.7 Å². The lowest BCUT2D eigenvalue weighted by Crippen LogP contribution is -2.12. The lowest BCUT2D eigenvalue weighted by molar-refractivity contribution is 0.420. The zero-order chi connectivity index (χ0) is 9.80.